The zero-order chi connectivity index (χ0) is 16.4. The van der Waals surface area contributed by atoms with Crippen LogP contribution >= 0.6 is 0 Å². The van der Waals surface area contributed by atoms with Crippen molar-refractivity contribution >= 4 is 12.6 Å². The average Bonchev–Trinajstić information content (AvgIpc) is 2.66. The molecule has 1 aromatic carbocycles. The summed E-state index contributed by atoms with van der Waals surface area (Å²) in [5.74, 6) is 0.900. The Bertz CT molecular complexity index is 467. The Morgan fingerprint density at radius 1 is 1.00 bits per heavy atom. The molecule has 0 bridgehead atoms. The molecule has 0 saturated carbocycles. The van der Waals surface area contributed by atoms with Crippen LogP contribution < -0.4 is 15.5 Å². The number of benzene rings is 1. The van der Waals surface area contributed by atoms with E-state index in [-0.39, 0.29) is 18.3 Å². The quantitative estimate of drug-likeness (QED) is 0.870. The van der Waals surface area contributed by atoms with Gasteiger partial charge in [0.1, 0.15) is 11.9 Å². The molecule has 0 atom stereocenters. The van der Waals surface area contributed by atoms with E-state index < -0.39 is 0 Å². The predicted octanol–water partition coefficient (Wildman–Crippen LogP) is 2.36. The smallest absolute Gasteiger partial charge is 0.488 e. The Labute approximate surface area is 134 Å². The van der Waals surface area contributed by atoms with Crippen LogP contribution in [0.4, 0.5) is 0 Å². The second-order valence-corrected chi connectivity index (χ2v) is 6.56. The van der Waals surface area contributed by atoms with Crippen LogP contribution in [0.25, 0.3) is 0 Å². The summed E-state index contributed by atoms with van der Waals surface area (Å²) < 4.78 is 17.9. The Balaban J connectivity index is 0.000000847. The molecule has 0 aromatic heterocycles. The van der Waals surface area contributed by atoms with Crippen LogP contribution in [0.1, 0.15) is 41.5 Å². The summed E-state index contributed by atoms with van der Waals surface area (Å²) in [5.41, 5.74) is 0.428. The van der Waals surface area contributed by atoms with E-state index in [1.54, 1.807) is 0 Å². The van der Waals surface area contributed by atoms with Crippen LogP contribution in [0, 0.1) is 0 Å². The first-order chi connectivity index (χ1) is 10.4. The highest BCUT2D eigenvalue weighted by molar-refractivity contribution is 6.62. The van der Waals surface area contributed by atoms with Gasteiger partial charge in [-0.15, -0.1) is 0 Å². The van der Waals surface area contributed by atoms with Crippen molar-refractivity contribution in [3.63, 3.8) is 0 Å². The van der Waals surface area contributed by atoms with Gasteiger partial charge in [-0.3, -0.25) is 0 Å². The fraction of sp³-hybridized carbons (Fsp3) is 0.647. The van der Waals surface area contributed by atoms with Crippen molar-refractivity contribution < 1.29 is 14.0 Å². The van der Waals surface area contributed by atoms with Crippen molar-refractivity contribution in [3.05, 3.63) is 24.3 Å². The summed E-state index contributed by atoms with van der Waals surface area (Å²) in [6.07, 6.45) is 0.303. The lowest BCUT2D eigenvalue weighted by Gasteiger charge is -2.32. The highest BCUT2D eigenvalue weighted by Crippen LogP contribution is 2.36. The van der Waals surface area contributed by atoms with E-state index in [0.29, 0.717) is 6.10 Å². The molecule has 122 valence electrons. The Kier molecular flexibility index (Phi) is 5.20. The molecule has 3 rings (SSSR count). The molecule has 2 saturated heterocycles. The minimum atomic E-state index is -0.306. The highest BCUT2D eigenvalue weighted by atomic mass is 16.7. The van der Waals surface area contributed by atoms with Gasteiger partial charge in [0.2, 0.25) is 0 Å². The molecule has 0 aliphatic carbocycles. The van der Waals surface area contributed by atoms with Crippen LogP contribution in [-0.2, 0) is 9.31 Å². The lowest BCUT2D eigenvalue weighted by Crippen LogP contribution is -2.50. The van der Waals surface area contributed by atoms with Crippen LogP contribution in [0.15, 0.2) is 24.3 Å². The summed E-state index contributed by atoms with van der Waals surface area (Å²) in [4.78, 5) is 0. The van der Waals surface area contributed by atoms with E-state index in [2.05, 4.69) is 33.0 Å². The molecule has 2 heterocycles. The standard InChI is InChI=1S/C15H22BNO3.C2H6/c1-14(2)15(3,4)20-16(19-14)11-5-7-12(8-6-11)18-13-9-17-10-13;1-2/h5-8,13,17H,9-10H2,1-4H3;1-2H3. The highest BCUT2D eigenvalue weighted by Gasteiger charge is 2.51. The van der Waals surface area contributed by atoms with E-state index in [9.17, 15) is 0 Å². The van der Waals surface area contributed by atoms with Crippen molar-refractivity contribution in [2.24, 2.45) is 0 Å². The molecule has 1 N–H and O–H groups in total. The van der Waals surface area contributed by atoms with E-state index in [1.807, 2.05) is 38.1 Å². The van der Waals surface area contributed by atoms with Gasteiger partial charge in [-0.2, -0.15) is 0 Å². The zero-order valence-electron chi connectivity index (χ0n) is 14.6. The molecule has 5 heteroatoms. The summed E-state index contributed by atoms with van der Waals surface area (Å²) in [7, 11) is -0.306. The number of ether oxygens (including phenoxy) is 1. The van der Waals surface area contributed by atoms with Crippen LogP contribution in [0.3, 0.4) is 0 Å². The van der Waals surface area contributed by atoms with Gasteiger partial charge in [0, 0.05) is 13.1 Å². The largest absolute Gasteiger partial charge is 0.494 e. The van der Waals surface area contributed by atoms with Crippen molar-refractivity contribution in [2.45, 2.75) is 58.8 Å². The van der Waals surface area contributed by atoms with Gasteiger partial charge in [-0.05, 0) is 45.3 Å². The van der Waals surface area contributed by atoms with Gasteiger partial charge in [0.15, 0.2) is 0 Å². The Morgan fingerprint density at radius 2 is 1.50 bits per heavy atom. The van der Waals surface area contributed by atoms with Crippen LogP contribution in [0.2, 0.25) is 0 Å². The van der Waals surface area contributed by atoms with Crippen LogP contribution in [0.5, 0.6) is 5.75 Å². The Morgan fingerprint density at radius 3 is 1.91 bits per heavy atom. The summed E-state index contributed by atoms with van der Waals surface area (Å²) in [6.45, 7) is 14.1. The monoisotopic (exact) mass is 305 g/mol. The lowest BCUT2D eigenvalue weighted by atomic mass is 9.79. The van der Waals surface area contributed by atoms with Crippen molar-refractivity contribution in [2.75, 3.05) is 13.1 Å². The van der Waals surface area contributed by atoms with E-state index in [1.165, 1.54) is 0 Å². The molecule has 0 unspecified atom stereocenters. The molecule has 0 amide bonds. The van der Waals surface area contributed by atoms with E-state index in [4.69, 9.17) is 14.0 Å². The predicted molar refractivity (Wildman–Crippen MR) is 90.8 cm³/mol. The molecule has 0 radical (unpaired) electrons. The molecule has 2 aliphatic heterocycles. The number of rotatable bonds is 3. The molecule has 1 aromatic rings. The molecule has 4 nitrogen and oxygen atoms in total. The maximum atomic E-state index is 6.03. The van der Waals surface area contributed by atoms with E-state index in [0.717, 1.165) is 24.3 Å². The topological polar surface area (TPSA) is 39.7 Å². The number of nitrogens with one attached hydrogen (secondary N) is 1. The zero-order valence-corrected chi connectivity index (χ0v) is 14.6. The van der Waals surface area contributed by atoms with Crippen molar-refractivity contribution in [3.8, 4) is 5.75 Å². The average molecular weight is 305 g/mol. The fourth-order valence-electron chi connectivity index (χ4n) is 2.22. The van der Waals surface area contributed by atoms with Gasteiger partial charge in [-0.25, -0.2) is 0 Å². The molecule has 0 spiro atoms. The SMILES string of the molecule is CC.CC1(C)OB(c2ccc(OC3CNC3)cc2)OC1(C)C. The van der Waals surface area contributed by atoms with Crippen molar-refractivity contribution in [1.29, 1.82) is 0 Å². The van der Waals surface area contributed by atoms with Crippen LogP contribution in [-0.4, -0.2) is 37.5 Å². The third-order valence-corrected chi connectivity index (χ3v) is 4.45. The first-order valence-corrected chi connectivity index (χ1v) is 8.20. The second-order valence-electron chi connectivity index (χ2n) is 6.56. The number of hydrogen-bond donors (Lipinski definition) is 1. The van der Waals surface area contributed by atoms with E-state index >= 15 is 0 Å². The Hall–Kier alpha value is -1.04. The minimum absolute atomic E-state index is 0.301. The number of hydrogen-bond acceptors (Lipinski definition) is 4. The fourth-order valence-corrected chi connectivity index (χ4v) is 2.22. The lowest BCUT2D eigenvalue weighted by molar-refractivity contribution is 0.00578. The second kappa shape index (κ2) is 6.61. The molecule has 2 aliphatic rings. The molecular weight excluding hydrogens is 277 g/mol. The van der Waals surface area contributed by atoms with Crippen molar-refractivity contribution in [1.82, 2.24) is 5.32 Å². The van der Waals surface area contributed by atoms with Gasteiger partial charge < -0.3 is 19.4 Å². The third kappa shape index (κ3) is 3.48. The first kappa shape index (κ1) is 17.3. The van der Waals surface area contributed by atoms with Gasteiger partial charge in [0.05, 0.1) is 11.2 Å². The molecular formula is C17H28BNO3. The maximum Gasteiger partial charge on any atom is 0.494 e. The third-order valence-electron chi connectivity index (χ3n) is 4.45. The van der Waals surface area contributed by atoms with Gasteiger partial charge in [0.25, 0.3) is 0 Å². The van der Waals surface area contributed by atoms with Gasteiger partial charge >= 0.3 is 7.12 Å². The summed E-state index contributed by atoms with van der Waals surface area (Å²) in [6, 6.07) is 8.00. The first-order valence-electron chi connectivity index (χ1n) is 8.20. The summed E-state index contributed by atoms with van der Waals surface area (Å²) in [5, 5.41) is 3.19. The molecule has 22 heavy (non-hydrogen) atoms. The van der Waals surface area contributed by atoms with Gasteiger partial charge in [-0.1, -0.05) is 26.0 Å². The maximum absolute atomic E-state index is 6.03. The summed E-state index contributed by atoms with van der Waals surface area (Å²) >= 11 is 0. The normalized spacial score (nSPS) is 22.5. The minimum Gasteiger partial charge on any atom is -0.488 e. The molecule has 2 fully saturated rings.